The van der Waals surface area contributed by atoms with E-state index in [-0.39, 0.29) is 18.8 Å². The van der Waals surface area contributed by atoms with Crippen LogP contribution in [0.3, 0.4) is 0 Å². The number of para-hydroxylation sites is 1. The summed E-state index contributed by atoms with van der Waals surface area (Å²) < 4.78 is 17.9. The highest BCUT2D eigenvalue weighted by molar-refractivity contribution is 9.10. The lowest BCUT2D eigenvalue weighted by Crippen LogP contribution is -2.33. The summed E-state index contributed by atoms with van der Waals surface area (Å²) in [6.45, 7) is 0.514. The molecule has 0 N–H and O–H groups in total. The molecule has 0 saturated carbocycles. The number of esters is 1. The number of Topliss-reactive ketones (excluding diaryl/α,β-unsaturated/α-hetero) is 1. The van der Waals surface area contributed by atoms with Crippen molar-refractivity contribution >= 4 is 27.7 Å². The Morgan fingerprint density at radius 1 is 0.875 bits per heavy atom. The second-order valence-corrected chi connectivity index (χ2v) is 8.14. The topological polar surface area (TPSA) is 61.8 Å². The molecule has 0 aliphatic rings. The lowest BCUT2D eigenvalue weighted by Gasteiger charge is -2.22. The van der Waals surface area contributed by atoms with E-state index >= 15 is 0 Å². The zero-order valence-corrected chi connectivity index (χ0v) is 19.4. The van der Waals surface area contributed by atoms with Crippen molar-refractivity contribution in [1.82, 2.24) is 0 Å². The number of halogens is 1. The van der Waals surface area contributed by atoms with E-state index in [0.717, 1.165) is 10.0 Å². The monoisotopic (exact) mass is 496 g/mol. The Kier molecular flexibility index (Phi) is 9.01. The molecule has 0 bridgehead atoms. The molecule has 32 heavy (non-hydrogen) atoms. The fourth-order valence-electron chi connectivity index (χ4n) is 3.20. The van der Waals surface area contributed by atoms with E-state index in [9.17, 15) is 9.59 Å². The van der Waals surface area contributed by atoms with Gasteiger partial charge in [-0.25, -0.2) is 0 Å². The van der Waals surface area contributed by atoms with Gasteiger partial charge in [-0.2, -0.15) is 0 Å². The van der Waals surface area contributed by atoms with Gasteiger partial charge in [0, 0.05) is 10.0 Å². The maximum Gasteiger partial charge on any atom is 0.316 e. The first-order valence-corrected chi connectivity index (χ1v) is 11.1. The summed E-state index contributed by atoms with van der Waals surface area (Å²) in [5.74, 6) is -1.18. The van der Waals surface area contributed by atoms with Crippen LogP contribution in [0.15, 0.2) is 89.4 Å². The minimum atomic E-state index is -0.989. The molecule has 3 rings (SSSR count). The lowest BCUT2D eigenvalue weighted by atomic mass is 9.92. The van der Waals surface area contributed by atoms with Crippen molar-refractivity contribution in [2.45, 2.75) is 19.1 Å². The van der Waals surface area contributed by atoms with Gasteiger partial charge in [-0.15, -0.1) is 0 Å². The van der Waals surface area contributed by atoms with Crippen LogP contribution in [0.5, 0.6) is 5.75 Å². The molecule has 0 spiro atoms. The van der Waals surface area contributed by atoms with E-state index in [0.29, 0.717) is 17.9 Å². The standard InChI is InChI=1S/C26H25BrO5/c1-30-26(29)24(25(28)20-8-4-2-5-9-20)16-23(18-32-22-10-6-3-7-11-22)31-17-19-12-14-21(27)15-13-19/h2-15,23-24H,16-18H2,1H3. The van der Waals surface area contributed by atoms with E-state index < -0.39 is 18.0 Å². The van der Waals surface area contributed by atoms with Crippen LogP contribution in [0.4, 0.5) is 0 Å². The molecule has 5 nitrogen and oxygen atoms in total. The van der Waals surface area contributed by atoms with Gasteiger partial charge < -0.3 is 14.2 Å². The average molecular weight is 497 g/mol. The van der Waals surface area contributed by atoms with Crippen LogP contribution in [-0.2, 0) is 20.9 Å². The molecule has 166 valence electrons. The Morgan fingerprint density at radius 3 is 2.12 bits per heavy atom. The lowest BCUT2D eigenvalue weighted by molar-refractivity contribution is -0.145. The number of rotatable bonds is 11. The van der Waals surface area contributed by atoms with E-state index in [4.69, 9.17) is 14.2 Å². The summed E-state index contributed by atoms with van der Waals surface area (Å²) in [5, 5.41) is 0. The van der Waals surface area contributed by atoms with E-state index in [1.165, 1.54) is 7.11 Å². The van der Waals surface area contributed by atoms with E-state index in [2.05, 4.69) is 15.9 Å². The van der Waals surface area contributed by atoms with Crippen LogP contribution < -0.4 is 4.74 Å². The third kappa shape index (κ3) is 7.04. The summed E-state index contributed by atoms with van der Waals surface area (Å²) in [7, 11) is 1.28. The van der Waals surface area contributed by atoms with E-state index in [1.807, 2.05) is 60.7 Å². The summed E-state index contributed by atoms with van der Waals surface area (Å²) >= 11 is 3.42. The van der Waals surface area contributed by atoms with Crippen molar-refractivity contribution in [3.63, 3.8) is 0 Å². The maximum absolute atomic E-state index is 13.1. The third-order valence-corrected chi connectivity index (χ3v) is 5.47. The first-order chi connectivity index (χ1) is 15.6. The Balaban J connectivity index is 1.75. The molecule has 0 aliphatic heterocycles. The van der Waals surface area contributed by atoms with Crippen LogP contribution in [0, 0.1) is 5.92 Å². The molecule has 0 radical (unpaired) electrons. The molecule has 0 aromatic heterocycles. The molecule has 6 heteroatoms. The van der Waals surface area contributed by atoms with Gasteiger partial charge in [0.2, 0.25) is 0 Å². The van der Waals surface area contributed by atoms with Gasteiger partial charge in [0.1, 0.15) is 18.3 Å². The number of ketones is 1. The van der Waals surface area contributed by atoms with Gasteiger partial charge in [0.25, 0.3) is 0 Å². The number of hydrogen-bond acceptors (Lipinski definition) is 5. The van der Waals surface area contributed by atoms with Gasteiger partial charge in [-0.05, 0) is 36.2 Å². The molecule has 0 aliphatic carbocycles. The molecule has 0 saturated heterocycles. The number of benzene rings is 3. The largest absolute Gasteiger partial charge is 0.491 e. The van der Waals surface area contributed by atoms with Gasteiger partial charge in [0.15, 0.2) is 5.78 Å². The summed E-state index contributed by atoms with van der Waals surface area (Å²) in [5.41, 5.74) is 1.43. The average Bonchev–Trinajstić information content (AvgIpc) is 2.85. The molecular formula is C26H25BrO5. The Hall–Kier alpha value is -2.96. The number of carbonyl (C=O) groups is 2. The number of hydrogen-bond donors (Lipinski definition) is 0. The third-order valence-electron chi connectivity index (χ3n) is 4.94. The molecule has 2 atom stereocenters. The fourth-order valence-corrected chi connectivity index (χ4v) is 3.47. The fraction of sp³-hybridized carbons (Fsp3) is 0.231. The predicted octanol–water partition coefficient (Wildman–Crippen LogP) is 5.48. The molecule has 0 amide bonds. The Labute approximate surface area is 196 Å². The maximum atomic E-state index is 13.1. The molecule has 0 heterocycles. The van der Waals surface area contributed by atoms with Crippen molar-refractivity contribution in [1.29, 1.82) is 0 Å². The number of methoxy groups -OCH3 is 1. The second kappa shape index (κ2) is 12.2. The highest BCUT2D eigenvalue weighted by atomic mass is 79.9. The zero-order chi connectivity index (χ0) is 22.8. The summed E-state index contributed by atoms with van der Waals surface area (Å²) in [4.78, 5) is 25.6. The minimum Gasteiger partial charge on any atom is -0.491 e. The first-order valence-electron chi connectivity index (χ1n) is 10.3. The molecule has 2 unspecified atom stereocenters. The highest BCUT2D eigenvalue weighted by Crippen LogP contribution is 2.21. The van der Waals surface area contributed by atoms with Crippen molar-refractivity contribution in [2.24, 2.45) is 5.92 Å². The first kappa shape index (κ1) is 23.7. The van der Waals surface area contributed by atoms with Crippen LogP contribution in [0.25, 0.3) is 0 Å². The van der Waals surface area contributed by atoms with Crippen molar-refractivity contribution in [3.05, 3.63) is 101 Å². The number of carbonyl (C=O) groups excluding carboxylic acids is 2. The molecule has 3 aromatic carbocycles. The van der Waals surface area contributed by atoms with E-state index in [1.54, 1.807) is 24.3 Å². The Bertz CT molecular complexity index is 990. The number of ether oxygens (including phenoxy) is 3. The quantitative estimate of drug-likeness (QED) is 0.200. The normalized spacial score (nSPS) is 12.6. The van der Waals surface area contributed by atoms with Crippen molar-refractivity contribution in [2.75, 3.05) is 13.7 Å². The molecule has 3 aromatic rings. The van der Waals surface area contributed by atoms with Crippen LogP contribution >= 0.6 is 15.9 Å². The van der Waals surface area contributed by atoms with Gasteiger partial charge >= 0.3 is 5.97 Å². The molecule has 0 fully saturated rings. The second-order valence-electron chi connectivity index (χ2n) is 7.23. The minimum absolute atomic E-state index is 0.143. The summed E-state index contributed by atoms with van der Waals surface area (Å²) in [6.07, 6.45) is -0.361. The van der Waals surface area contributed by atoms with Gasteiger partial charge in [0.05, 0.1) is 19.8 Å². The van der Waals surface area contributed by atoms with Crippen LogP contribution in [-0.4, -0.2) is 31.6 Å². The summed E-state index contributed by atoms with van der Waals surface area (Å²) in [6, 6.07) is 25.9. The smallest absolute Gasteiger partial charge is 0.316 e. The van der Waals surface area contributed by atoms with Crippen molar-refractivity contribution in [3.8, 4) is 5.75 Å². The van der Waals surface area contributed by atoms with Crippen LogP contribution in [0.2, 0.25) is 0 Å². The van der Waals surface area contributed by atoms with Gasteiger partial charge in [-0.3, -0.25) is 9.59 Å². The zero-order valence-electron chi connectivity index (χ0n) is 17.8. The highest BCUT2D eigenvalue weighted by Gasteiger charge is 2.32. The van der Waals surface area contributed by atoms with Crippen LogP contribution in [0.1, 0.15) is 22.3 Å². The Morgan fingerprint density at radius 2 is 1.50 bits per heavy atom. The van der Waals surface area contributed by atoms with Crippen molar-refractivity contribution < 1.29 is 23.8 Å². The predicted molar refractivity (Wildman–Crippen MR) is 126 cm³/mol. The SMILES string of the molecule is COC(=O)C(CC(COc1ccccc1)OCc1ccc(Br)cc1)C(=O)c1ccccc1. The van der Waals surface area contributed by atoms with Gasteiger partial charge in [-0.1, -0.05) is 76.6 Å². The molecular weight excluding hydrogens is 472 g/mol.